The standard InChI is InChI=1S/C19H32N2/c1-3-7-17(8-4-1)15-19(18-9-5-2-6-10-18)11-13-21-14-12-20-16-21/h12,14,16-19H,1-11,13,15H2. The van der Waals surface area contributed by atoms with Gasteiger partial charge in [0.2, 0.25) is 0 Å². The number of imidazole rings is 1. The van der Waals surface area contributed by atoms with Gasteiger partial charge in [0.25, 0.3) is 0 Å². The molecule has 118 valence electrons. The molecule has 0 saturated heterocycles. The molecule has 2 heteroatoms. The second-order valence-corrected chi connectivity index (χ2v) is 7.49. The average Bonchev–Trinajstić information content (AvgIpc) is 3.07. The van der Waals surface area contributed by atoms with Crippen molar-refractivity contribution in [3.05, 3.63) is 18.7 Å². The van der Waals surface area contributed by atoms with Crippen molar-refractivity contribution in [3.63, 3.8) is 0 Å². The normalized spacial score (nSPS) is 23.2. The van der Waals surface area contributed by atoms with Gasteiger partial charge >= 0.3 is 0 Å². The minimum atomic E-state index is 0.968. The van der Waals surface area contributed by atoms with Crippen molar-refractivity contribution >= 4 is 0 Å². The van der Waals surface area contributed by atoms with Crippen LogP contribution in [0.2, 0.25) is 0 Å². The SMILES string of the molecule is c1cn(CCC(CC2CCCCC2)C2CCCCC2)cn1. The molecule has 2 saturated carbocycles. The zero-order valence-electron chi connectivity index (χ0n) is 13.6. The summed E-state index contributed by atoms with van der Waals surface area (Å²) >= 11 is 0. The molecular formula is C19H32N2. The number of hydrogen-bond donors (Lipinski definition) is 0. The minimum absolute atomic E-state index is 0.968. The van der Waals surface area contributed by atoms with E-state index < -0.39 is 0 Å². The highest BCUT2D eigenvalue weighted by molar-refractivity contribution is 4.80. The Balaban J connectivity index is 1.55. The molecule has 21 heavy (non-hydrogen) atoms. The zero-order valence-corrected chi connectivity index (χ0v) is 13.6. The molecule has 0 radical (unpaired) electrons. The minimum Gasteiger partial charge on any atom is -0.337 e. The Hall–Kier alpha value is -0.790. The van der Waals surface area contributed by atoms with Gasteiger partial charge in [-0.25, -0.2) is 4.98 Å². The summed E-state index contributed by atoms with van der Waals surface area (Å²) in [5.41, 5.74) is 0. The number of aryl methyl sites for hydroxylation is 1. The van der Waals surface area contributed by atoms with E-state index >= 15 is 0 Å². The maximum Gasteiger partial charge on any atom is 0.0945 e. The van der Waals surface area contributed by atoms with Crippen LogP contribution in [0.25, 0.3) is 0 Å². The van der Waals surface area contributed by atoms with E-state index in [1.807, 2.05) is 12.5 Å². The van der Waals surface area contributed by atoms with Gasteiger partial charge in [-0.15, -0.1) is 0 Å². The fourth-order valence-corrected chi connectivity index (χ4v) is 4.74. The Labute approximate surface area is 130 Å². The van der Waals surface area contributed by atoms with Crippen molar-refractivity contribution < 1.29 is 0 Å². The molecule has 0 aromatic carbocycles. The number of aromatic nitrogens is 2. The Morgan fingerprint density at radius 1 is 0.952 bits per heavy atom. The van der Waals surface area contributed by atoms with Crippen LogP contribution in [0.1, 0.15) is 77.0 Å². The molecule has 1 atom stereocenters. The van der Waals surface area contributed by atoms with Crippen molar-refractivity contribution in [2.24, 2.45) is 17.8 Å². The third-order valence-electron chi connectivity index (χ3n) is 5.99. The van der Waals surface area contributed by atoms with Gasteiger partial charge in [-0.1, -0.05) is 64.2 Å². The molecule has 0 bridgehead atoms. The first-order valence-corrected chi connectivity index (χ1v) is 9.37. The molecule has 1 aromatic heterocycles. The van der Waals surface area contributed by atoms with E-state index in [4.69, 9.17) is 0 Å². The van der Waals surface area contributed by atoms with E-state index in [1.54, 1.807) is 0 Å². The molecular weight excluding hydrogens is 256 g/mol. The third kappa shape index (κ3) is 4.59. The molecule has 2 aliphatic rings. The summed E-state index contributed by atoms with van der Waals surface area (Å²) in [4.78, 5) is 4.19. The second kappa shape index (κ2) is 8.00. The lowest BCUT2D eigenvalue weighted by atomic mass is 9.72. The fraction of sp³-hybridized carbons (Fsp3) is 0.842. The van der Waals surface area contributed by atoms with Crippen LogP contribution in [0.3, 0.4) is 0 Å². The topological polar surface area (TPSA) is 17.8 Å². The Kier molecular flexibility index (Phi) is 5.76. The first kappa shape index (κ1) is 15.1. The number of nitrogens with zero attached hydrogens (tertiary/aromatic N) is 2. The van der Waals surface area contributed by atoms with Gasteiger partial charge in [-0.3, -0.25) is 0 Å². The molecule has 2 fully saturated rings. The smallest absolute Gasteiger partial charge is 0.0945 e. The molecule has 1 aromatic rings. The van der Waals surface area contributed by atoms with Gasteiger partial charge in [0.05, 0.1) is 6.33 Å². The molecule has 0 spiro atoms. The van der Waals surface area contributed by atoms with Crippen LogP contribution in [-0.4, -0.2) is 9.55 Å². The van der Waals surface area contributed by atoms with Crippen LogP contribution in [0.4, 0.5) is 0 Å². The highest BCUT2D eigenvalue weighted by Crippen LogP contribution is 2.38. The van der Waals surface area contributed by atoms with E-state index in [-0.39, 0.29) is 0 Å². The van der Waals surface area contributed by atoms with Gasteiger partial charge in [0.15, 0.2) is 0 Å². The van der Waals surface area contributed by atoms with Crippen molar-refractivity contribution in [1.82, 2.24) is 9.55 Å². The summed E-state index contributed by atoms with van der Waals surface area (Å²) in [5, 5.41) is 0. The zero-order chi connectivity index (χ0) is 14.3. The third-order valence-corrected chi connectivity index (χ3v) is 5.99. The lowest BCUT2D eigenvalue weighted by molar-refractivity contribution is 0.175. The Bertz CT molecular complexity index is 372. The van der Waals surface area contributed by atoms with E-state index in [0.29, 0.717) is 0 Å². The van der Waals surface area contributed by atoms with Crippen LogP contribution in [-0.2, 0) is 6.54 Å². The summed E-state index contributed by atoms with van der Waals surface area (Å²) in [5.74, 6) is 3.02. The summed E-state index contributed by atoms with van der Waals surface area (Å²) in [6, 6.07) is 0. The summed E-state index contributed by atoms with van der Waals surface area (Å²) in [6.45, 7) is 1.17. The van der Waals surface area contributed by atoms with Crippen LogP contribution < -0.4 is 0 Å². The molecule has 3 rings (SSSR count). The monoisotopic (exact) mass is 288 g/mol. The molecule has 0 N–H and O–H groups in total. The first-order chi connectivity index (χ1) is 10.4. The van der Waals surface area contributed by atoms with E-state index in [9.17, 15) is 0 Å². The van der Waals surface area contributed by atoms with Crippen molar-refractivity contribution in [2.75, 3.05) is 0 Å². The van der Waals surface area contributed by atoms with Crippen molar-refractivity contribution in [2.45, 2.75) is 83.6 Å². The lowest BCUT2D eigenvalue weighted by Crippen LogP contribution is -2.23. The van der Waals surface area contributed by atoms with Gasteiger partial charge in [0.1, 0.15) is 0 Å². The van der Waals surface area contributed by atoms with Crippen molar-refractivity contribution in [1.29, 1.82) is 0 Å². The largest absolute Gasteiger partial charge is 0.337 e. The molecule has 1 heterocycles. The second-order valence-electron chi connectivity index (χ2n) is 7.49. The van der Waals surface area contributed by atoms with E-state index in [2.05, 4.69) is 15.7 Å². The maximum absolute atomic E-state index is 4.19. The molecule has 2 aliphatic carbocycles. The Morgan fingerprint density at radius 2 is 1.67 bits per heavy atom. The Morgan fingerprint density at radius 3 is 2.33 bits per heavy atom. The molecule has 0 amide bonds. The maximum atomic E-state index is 4.19. The van der Waals surface area contributed by atoms with Gasteiger partial charge < -0.3 is 4.57 Å². The van der Waals surface area contributed by atoms with Crippen LogP contribution >= 0.6 is 0 Å². The summed E-state index contributed by atoms with van der Waals surface area (Å²) in [6.07, 6.45) is 23.8. The van der Waals surface area contributed by atoms with Crippen LogP contribution in [0.15, 0.2) is 18.7 Å². The number of rotatable bonds is 6. The molecule has 1 unspecified atom stereocenters. The molecule has 2 nitrogen and oxygen atoms in total. The highest BCUT2D eigenvalue weighted by atomic mass is 15.0. The summed E-state index contributed by atoms with van der Waals surface area (Å²) < 4.78 is 2.27. The fourth-order valence-electron chi connectivity index (χ4n) is 4.74. The predicted molar refractivity (Wildman–Crippen MR) is 88.1 cm³/mol. The molecule has 0 aliphatic heterocycles. The lowest BCUT2D eigenvalue weighted by Gasteiger charge is -2.34. The van der Waals surface area contributed by atoms with Crippen LogP contribution in [0.5, 0.6) is 0 Å². The van der Waals surface area contributed by atoms with E-state index in [1.165, 1.54) is 83.6 Å². The quantitative estimate of drug-likeness (QED) is 0.681. The first-order valence-electron chi connectivity index (χ1n) is 9.37. The number of hydrogen-bond acceptors (Lipinski definition) is 1. The van der Waals surface area contributed by atoms with Crippen molar-refractivity contribution in [3.8, 4) is 0 Å². The van der Waals surface area contributed by atoms with Gasteiger partial charge in [-0.2, -0.15) is 0 Å². The van der Waals surface area contributed by atoms with Crippen LogP contribution in [0, 0.1) is 17.8 Å². The average molecular weight is 288 g/mol. The van der Waals surface area contributed by atoms with Gasteiger partial charge in [0, 0.05) is 18.9 Å². The summed E-state index contributed by atoms with van der Waals surface area (Å²) in [7, 11) is 0. The highest BCUT2D eigenvalue weighted by Gasteiger charge is 2.26. The van der Waals surface area contributed by atoms with E-state index in [0.717, 1.165) is 17.8 Å². The predicted octanol–water partition coefficient (Wildman–Crippen LogP) is 5.44. The van der Waals surface area contributed by atoms with Gasteiger partial charge in [-0.05, 0) is 30.6 Å².